The first-order valence-electron chi connectivity index (χ1n) is 9.27. The lowest BCUT2D eigenvalue weighted by molar-refractivity contribution is -0.119. The average Bonchev–Trinajstić information content (AvgIpc) is 3.19. The molecule has 0 saturated heterocycles. The molecule has 0 unspecified atom stereocenters. The van der Waals surface area contributed by atoms with Crippen LogP contribution >= 0.6 is 0 Å². The second-order valence-corrected chi connectivity index (χ2v) is 6.23. The number of amides is 1. The molecule has 0 aliphatic carbocycles. The van der Waals surface area contributed by atoms with Gasteiger partial charge in [-0.15, -0.1) is 5.10 Å². The third-order valence-corrected chi connectivity index (χ3v) is 4.11. The fourth-order valence-corrected chi connectivity index (χ4v) is 2.71. The number of hydrogen-bond donors (Lipinski definition) is 1. The Balaban J connectivity index is 1.92. The first-order chi connectivity index (χ1) is 14.6. The number of nitrogens with zero attached hydrogens (tertiary/aromatic N) is 3. The predicted molar refractivity (Wildman–Crippen MR) is 111 cm³/mol. The van der Waals surface area contributed by atoms with Gasteiger partial charge >= 0.3 is 6.01 Å². The van der Waals surface area contributed by atoms with E-state index in [1.165, 1.54) is 7.11 Å². The fraction of sp³-hybridized carbons (Fsp3) is 0.286. The molecule has 1 amide bonds. The third-order valence-electron chi connectivity index (χ3n) is 4.11. The predicted octanol–water partition coefficient (Wildman–Crippen LogP) is 2.55. The maximum absolute atomic E-state index is 11.7. The molecule has 9 nitrogen and oxygen atoms in total. The minimum atomic E-state index is -0.225. The molecular weight excluding hydrogens is 388 g/mol. The quantitative estimate of drug-likeness (QED) is 0.511. The molecule has 0 fully saturated rings. The summed E-state index contributed by atoms with van der Waals surface area (Å²) in [5, 5.41) is 7.24. The molecule has 1 heterocycles. The smallest absolute Gasteiger partial charge is 0.336 e. The van der Waals surface area contributed by atoms with Crippen LogP contribution in [-0.4, -0.2) is 61.8 Å². The molecule has 0 atom stereocenters. The van der Waals surface area contributed by atoms with Crippen LogP contribution in [0.1, 0.15) is 0 Å². The van der Waals surface area contributed by atoms with Crippen molar-refractivity contribution in [3.63, 3.8) is 0 Å². The molecule has 9 heteroatoms. The summed E-state index contributed by atoms with van der Waals surface area (Å²) in [4.78, 5) is 16.2. The highest BCUT2D eigenvalue weighted by Gasteiger charge is 2.15. The first-order valence-corrected chi connectivity index (χ1v) is 9.27. The number of aromatic nitrogens is 3. The monoisotopic (exact) mass is 412 g/mol. The summed E-state index contributed by atoms with van der Waals surface area (Å²) >= 11 is 0. The standard InChI is InChI=1S/C21H24N4O5/c1-27-11-12-30-21-23-20(15-5-4-6-18(13-15)29-3)25(24-21)17-9-7-16(8-10-17)22-19(26)14-28-2/h4-10,13H,11-12,14H2,1-3H3,(H,22,26). The normalized spacial score (nSPS) is 10.6. The van der Waals surface area contributed by atoms with Crippen molar-refractivity contribution in [1.82, 2.24) is 14.8 Å². The molecule has 0 radical (unpaired) electrons. The molecule has 0 saturated carbocycles. The van der Waals surface area contributed by atoms with E-state index in [1.54, 1.807) is 31.0 Å². The third kappa shape index (κ3) is 5.34. The summed E-state index contributed by atoms with van der Waals surface area (Å²) in [6, 6.07) is 15.0. The molecule has 3 aromatic rings. The van der Waals surface area contributed by atoms with Gasteiger partial charge in [-0.25, -0.2) is 4.68 Å². The average molecular weight is 412 g/mol. The summed E-state index contributed by atoms with van der Waals surface area (Å²) in [5.74, 6) is 1.08. The van der Waals surface area contributed by atoms with Gasteiger partial charge in [0.25, 0.3) is 0 Å². The minimum absolute atomic E-state index is 0.00696. The number of anilines is 1. The topological polar surface area (TPSA) is 96.7 Å². The van der Waals surface area contributed by atoms with E-state index in [0.29, 0.717) is 30.5 Å². The zero-order valence-electron chi connectivity index (χ0n) is 17.1. The molecule has 0 aliphatic rings. The fourth-order valence-electron chi connectivity index (χ4n) is 2.71. The van der Waals surface area contributed by atoms with E-state index in [1.807, 2.05) is 36.4 Å². The van der Waals surface area contributed by atoms with Gasteiger partial charge in [0.15, 0.2) is 5.82 Å². The molecule has 0 bridgehead atoms. The van der Waals surface area contributed by atoms with Crippen LogP contribution < -0.4 is 14.8 Å². The van der Waals surface area contributed by atoms with Gasteiger partial charge in [0.05, 0.1) is 19.4 Å². The van der Waals surface area contributed by atoms with Crippen LogP contribution in [0.4, 0.5) is 5.69 Å². The zero-order chi connectivity index (χ0) is 21.3. The van der Waals surface area contributed by atoms with Crippen LogP contribution in [-0.2, 0) is 14.3 Å². The number of carbonyl (C=O) groups is 1. The van der Waals surface area contributed by atoms with Gasteiger partial charge in [-0.1, -0.05) is 12.1 Å². The van der Waals surface area contributed by atoms with Crippen LogP contribution in [0.2, 0.25) is 0 Å². The van der Waals surface area contributed by atoms with Gasteiger partial charge in [0.1, 0.15) is 19.0 Å². The zero-order valence-corrected chi connectivity index (χ0v) is 17.1. The largest absolute Gasteiger partial charge is 0.497 e. The van der Waals surface area contributed by atoms with Crippen molar-refractivity contribution >= 4 is 11.6 Å². The van der Waals surface area contributed by atoms with Crippen molar-refractivity contribution in [2.75, 3.05) is 46.5 Å². The Morgan fingerprint density at radius 2 is 1.83 bits per heavy atom. The Hall–Kier alpha value is -3.43. The maximum atomic E-state index is 11.7. The van der Waals surface area contributed by atoms with E-state index >= 15 is 0 Å². The Morgan fingerprint density at radius 1 is 1.03 bits per heavy atom. The van der Waals surface area contributed by atoms with Gasteiger partial charge in [-0.05, 0) is 36.4 Å². The highest BCUT2D eigenvalue weighted by molar-refractivity contribution is 5.91. The molecule has 1 aromatic heterocycles. The lowest BCUT2D eigenvalue weighted by Gasteiger charge is -2.09. The Morgan fingerprint density at radius 3 is 2.53 bits per heavy atom. The van der Waals surface area contributed by atoms with Crippen LogP contribution in [0.15, 0.2) is 48.5 Å². The highest BCUT2D eigenvalue weighted by atomic mass is 16.5. The second kappa shape index (κ2) is 10.4. The molecule has 158 valence electrons. The number of benzene rings is 2. The van der Waals surface area contributed by atoms with Crippen LogP contribution in [0.5, 0.6) is 11.8 Å². The van der Waals surface area contributed by atoms with Gasteiger partial charge in [-0.3, -0.25) is 4.79 Å². The molecular formula is C21H24N4O5. The van der Waals surface area contributed by atoms with Crippen molar-refractivity contribution < 1.29 is 23.7 Å². The summed E-state index contributed by atoms with van der Waals surface area (Å²) in [5.41, 5.74) is 2.23. The van der Waals surface area contributed by atoms with Crippen molar-refractivity contribution in [2.45, 2.75) is 0 Å². The number of hydrogen-bond acceptors (Lipinski definition) is 7. The number of carbonyl (C=O) groups excluding carboxylic acids is 1. The Bertz CT molecular complexity index is 972. The Kier molecular flexibility index (Phi) is 7.36. The summed E-state index contributed by atoms with van der Waals surface area (Å²) in [6.07, 6.45) is 0. The molecule has 0 aliphatic heterocycles. The van der Waals surface area contributed by atoms with Gasteiger partial charge in [0.2, 0.25) is 5.91 Å². The van der Waals surface area contributed by atoms with E-state index in [0.717, 1.165) is 11.3 Å². The number of nitrogens with one attached hydrogen (secondary N) is 1. The lowest BCUT2D eigenvalue weighted by Crippen LogP contribution is -2.17. The summed E-state index contributed by atoms with van der Waals surface area (Å²) < 4.78 is 22.4. The van der Waals surface area contributed by atoms with Crippen molar-refractivity contribution in [1.29, 1.82) is 0 Å². The highest BCUT2D eigenvalue weighted by Crippen LogP contribution is 2.27. The second-order valence-electron chi connectivity index (χ2n) is 6.23. The minimum Gasteiger partial charge on any atom is -0.497 e. The number of methoxy groups -OCH3 is 3. The van der Waals surface area contributed by atoms with Crippen molar-refractivity contribution in [3.8, 4) is 28.8 Å². The van der Waals surface area contributed by atoms with Crippen molar-refractivity contribution in [2.24, 2.45) is 0 Å². The van der Waals surface area contributed by atoms with E-state index in [2.05, 4.69) is 15.4 Å². The Labute approximate surface area is 174 Å². The molecule has 2 aromatic carbocycles. The van der Waals surface area contributed by atoms with E-state index in [9.17, 15) is 4.79 Å². The number of ether oxygens (including phenoxy) is 4. The molecule has 1 N–H and O–H groups in total. The SMILES string of the molecule is COCCOc1nc(-c2cccc(OC)c2)n(-c2ccc(NC(=O)COC)cc2)n1. The van der Waals surface area contributed by atoms with Gasteiger partial charge < -0.3 is 24.3 Å². The van der Waals surface area contributed by atoms with Crippen molar-refractivity contribution in [3.05, 3.63) is 48.5 Å². The van der Waals surface area contributed by atoms with Gasteiger partial charge in [0, 0.05) is 25.5 Å². The summed E-state index contributed by atoms with van der Waals surface area (Å²) in [6.45, 7) is 0.758. The number of rotatable bonds is 10. The lowest BCUT2D eigenvalue weighted by atomic mass is 10.2. The molecule has 0 spiro atoms. The van der Waals surface area contributed by atoms with E-state index in [-0.39, 0.29) is 18.5 Å². The van der Waals surface area contributed by atoms with Crippen LogP contribution in [0.3, 0.4) is 0 Å². The summed E-state index contributed by atoms with van der Waals surface area (Å²) in [7, 11) is 4.68. The van der Waals surface area contributed by atoms with Gasteiger partial charge in [-0.2, -0.15) is 4.98 Å². The van der Waals surface area contributed by atoms with E-state index < -0.39 is 0 Å². The molecule has 30 heavy (non-hydrogen) atoms. The maximum Gasteiger partial charge on any atom is 0.336 e. The van der Waals surface area contributed by atoms with E-state index in [4.69, 9.17) is 18.9 Å². The first kappa shape index (κ1) is 21.3. The van der Waals surface area contributed by atoms with Crippen LogP contribution in [0.25, 0.3) is 17.1 Å². The van der Waals surface area contributed by atoms with Crippen LogP contribution in [0, 0.1) is 0 Å². The molecule has 3 rings (SSSR count).